The van der Waals surface area contributed by atoms with Crippen molar-refractivity contribution in [2.75, 3.05) is 0 Å². The number of carbonyl (C=O) groups excluding carboxylic acids is 4. The molecule has 0 amide bonds. The molecule has 8 nitrogen and oxygen atoms in total. The van der Waals surface area contributed by atoms with Gasteiger partial charge in [0.1, 0.15) is 18.3 Å². The fourth-order valence-corrected chi connectivity index (χ4v) is 10.4. The maximum absolute atomic E-state index is 14.5. The van der Waals surface area contributed by atoms with E-state index in [2.05, 4.69) is 6.58 Å². The van der Waals surface area contributed by atoms with Crippen molar-refractivity contribution < 1.29 is 38.5 Å². The highest BCUT2D eigenvalue weighted by molar-refractivity contribution is 6.09. The molecule has 0 aromatic heterocycles. The van der Waals surface area contributed by atoms with Gasteiger partial charge in [0.15, 0.2) is 5.78 Å². The minimum atomic E-state index is -1.18. The molecule has 0 radical (unpaired) electrons. The van der Waals surface area contributed by atoms with E-state index in [4.69, 9.17) is 14.2 Å². The Balaban J connectivity index is 1.45. The number of hydrogen-bond acceptors (Lipinski definition) is 8. The monoisotopic (exact) mass is 548 g/mol. The van der Waals surface area contributed by atoms with E-state index in [9.17, 15) is 24.3 Å². The number of ether oxygens (including phenoxy) is 3. The summed E-state index contributed by atoms with van der Waals surface area (Å²) in [5, 5.41) is 12.0. The highest BCUT2D eigenvalue weighted by Gasteiger charge is 2.85. The van der Waals surface area contributed by atoms with Crippen LogP contribution in [0.2, 0.25) is 0 Å². The Labute approximate surface area is 233 Å². The molecule has 0 bridgehead atoms. The van der Waals surface area contributed by atoms with Crippen LogP contribution in [0.3, 0.4) is 0 Å². The average molecular weight is 549 g/mol. The van der Waals surface area contributed by atoms with Crippen molar-refractivity contribution in [3.8, 4) is 0 Å². The molecule has 11 atom stereocenters. The molecule has 8 heteroatoms. The van der Waals surface area contributed by atoms with Gasteiger partial charge in [-0.1, -0.05) is 36.8 Å². The van der Waals surface area contributed by atoms with Crippen molar-refractivity contribution in [2.24, 2.45) is 39.9 Å². The van der Waals surface area contributed by atoms with E-state index in [-0.39, 0.29) is 18.1 Å². The zero-order chi connectivity index (χ0) is 28.7. The van der Waals surface area contributed by atoms with Crippen LogP contribution in [0.25, 0.3) is 0 Å². The Bertz CT molecular complexity index is 1410. The summed E-state index contributed by atoms with van der Waals surface area (Å²) in [5.74, 6) is -3.09. The summed E-state index contributed by atoms with van der Waals surface area (Å²) in [6.07, 6.45) is 5.26. The molecule has 212 valence electrons. The fourth-order valence-electron chi connectivity index (χ4n) is 10.4. The molecule has 7 rings (SSSR count). The second kappa shape index (κ2) is 7.64. The van der Waals surface area contributed by atoms with Crippen molar-refractivity contribution >= 4 is 23.7 Å². The zero-order valence-electron chi connectivity index (χ0n) is 23.6. The summed E-state index contributed by atoms with van der Waals surface area (Å²) < 4.78 is 18.4. The lowest BCUT2D eigenvalue weighted by atomic mass is 9.44. The van der Waals surface area contributed by atoms with Crippen molar-refractivity contribution in [3.63, 3.8) is 0 Å². The number of fused-ring (bicyclic) bond motifs is 6. The van der Waals surface area contributed by atoms with Crippen LogP contribution in [-0.4, -0.2) is 52.7 Å². The number of esters is 3. The Hall–Kier alpha value is -3.00. The van der Waals surface area contributed by atoms with Gasteiger partial charge in [-0.15, -0.1) is 0 Å². The largest absolute Gasteiger partial charge is 0.462 e. The predicted octanol–water partition coefficient (Wildman–Crippen LogP) is 3.54. The van der Waals surface area contributed by atoms with Gasteiger partial charge in [0.25, 0.3) is 0 Å². The molecule has 2 heterocycles. The van der Waals surface area contributed by atoms with E-state index in [0.29, 0.717) is 30.4 Å². The summed E-state index contributed by atoms with van der Waals surface area (Å²) in [5.41, 5.74) is -1.36. The summed E-state index contributed by atoms with van der Waals surface area (Å²) in [7, 11) is 0. The summed E-state index contributed by atoms with van der Waals surface area (Å²) in [6.45, 7) is 13.0. The van der Waals surface area contributed by atoms with Crippen LogP contribution < -0.4 is 0 Å². The lowest BCUT2D eigenvalue weighted by molar-refractivity contribution is -0.170. The van der Waals surface area contributed by atoms with Crippen LogP contribution in [0.4, 0.5) is 0 Å². The number of aliphatic hydroxyl groups is 1. The second-order valence-corrected chi connectivity index (χ2v) is 13.7. The Morgan fingerprint density at radius 3 is 2.52 bits per heavy atom. The van der Waals surface area contributed by atoms with Crippen LogP contribution in [0.15, 0.2) is 47.1 Å². The number of allylic oxidation sites excluding steroid dienone is 2. The highest BCUT2D eigenvalue weighted by atomic mass is 16.6. The quantitative estimate of drug-likeness (QED) is 0.229. The lowest BCUT2D eigenvalue weighted by Gasteiger charge is -2.58. The van der Waals surface area contributed by atoms with Gasteiger partial charge in [-0.25, -0.2) is 4.79 Å². The maximum atomic E-state index is 14.5. The number of ketones is 1. The summed E-state index contributed by atoms with van der Waals surface area (Å²) in [4.78, 5) is 52.9. The number of hydrogen-bond donors (Lipinski definition) is 1. The molecule has 2 aliphatic heterocycles. The molecule has 2 spiro atoms. The van der Waals surface area contributed by atoms with Crippen molar-refractivity contribution in [2.45, 2.75) is 84.2 Å². The van der Waals surface area contributed by atoms with Gasteiger partial charge in [-0.05, 0) is 46.1 Å². The first-order chi connectivity index (χ1) is 18.7. The van der Waals surface area contributed by atoms with E-state index in [1.807, 2.05) is 39.8 Å². The van der Waals surface area contributed by atoms with E-state index >= 15 is 0 Å². The summed E-state index contributed by atoms with van der Waals surface area (Å²) >= 11 is 0. The zero-order valence-corrected chi connectivity index (χ0v) is 23.6. The predicted molar refractivity (Wildman–Crippen MR) is 141 cm³/mol. The first-order valence-electron chi connectivity index (χ1n) is 14.3. The normalized spacial score (nSPS) is 50.1. The van der Waals surface area contributed by atoms with E-state index in [1.54, 1.807) is 6.08 Å². The molecule has 0 aromatic carbocycles. The standard InChI is InChI=1S/C32H36O8/c1-14-11-19(34)22-15(2)12-20(38-17(4)33)24-25(23(14)22)39-28(36)32(24)13-21-29(5,37)8-7-18-16(3)27(35)40-26(18)31(21)10-9-30(31,32)6/h9-11,18,20-21,23-26,37H,3,7-8,12-13H2,1-2,4-6H3/t18-,20-,21?,23-,24+,25+,26-,29+,30+,31+,32-/m0/s1. The minimum Gasteiger partial charge on any atom is -0.462 e. The van der Waals surface area contributed by atoms with Crippen LogP contribution >= 0.6 is 0 Å². The van der Waals surface area contributed by atoms with Crippen molar-refractivity contribution in [1.82, 2.24) is 0 Å². The Morgan fingerprint density at radius 2 is 1.88 bits per heavy atom. The third kappa shape index (κ3) is 2.67. The minimum absolute atomic E-state index is 0.0934. The molecule has 2 saturated heterocycles. The smallest absolute Gasteiger partial charge is 0.334 e. The van der Waals surface area contributed by atoms with Gasteiger partial charge in [-0.2, -0.15) is 0 Å². The van der Waals surface area contributed by atoms with E-state index in [1.165, 1.54) is 6.92 Å². The van der Waals surface area contributed by atoms with E-state index in [0.717, 1.165) is 11.1 Å². The molecule has 0 aromatic rings. The van der Waals surface area contributed by atoms with Crippen molar-refractivity contribution in [3.05, 3.63) is 47.1 Å². The molecule has 4 fully saturated rings. The third-order valence-electron chi connectivity index (χ3n) is 12.1. The molecular formula is C32H36O8. The second-order valence-electron chi connectivity index (χ2n) is 13.7. The molecule has 1 N–H and O–H groups in total. The van der Waals surface area contributed by atoms with Crippen LogP contribution in [-0.2, 0) is 33.4 Å². The van der Waals surface area contributed by atoms with Gasteiger partial charge in [0.05, 0.1) is 16.9 Å². The van der Waals surface area contributed by atoms with Gasteiger partial charge >= 0.3 is 17.9 Å². The van der Waals surface area contributed by atoms with Crippen LogP contribution in [0.1, 0.15) is 60.3 Å². The Kier molecular flexibility index (Phi) is 4.95. The molecular weight excluding hydrogens is 512 g/mol. The van der Waals surface area contributed by atoms with Gasteiger partial charge in [0.2, 0.25) is 0 Å². The first-order valence-corrected chi connectivity index (χ1v) is 14.3. The van der Waals surface area contributed by atoms with Crippen molar-refractivity contribution in [1.29, 1.82) is 0 Å². The van der Waals surface area contributed by atoms with Gasteiger partial charge < -0.3 is 19.3 Å². The Morgan fingerprint density at radius 1 is 1.15 bits per heavy atom. The summed E-state index contributed by atoms with van der Waals surface area (Å²) in [6, 6.07) is 0. The maximum Gasteiger partial charge on any atom is 0.334 e. The lowest BCUT2D eigenvalue weighted by Crippen LogP contribution is -2.62. The third-order valence-corrected chi connectivity index (χ3v) is 12.1. The van der Waals surface area contributed by atoms with Crippen LogP contribution in [0, 0.1) is 39.9 Å². The molecule has 7 aliphatic rings. The fraction of sp³-hybridized carbons (Fsp3) is 0.625. The average Bonchev–Trinajstić information content (AvgIpc) is 3.41. The van der Waals surface area contributed by atoms with Gasteiger partial charge in [-0.3, -0.25) is 14.4 Å². The first kappa shape index (κ1) is 25.9. The molecule has 1 unspecified atom stereocenters. The topological polar surface area (TPSA) is 116 Å². The van der Waals surface area contributed by atoms with E-state index < -0.39 is 75.8 Å². The SMILES string of the molecule is C=C1C(=O)O[C@H]2[C@H]1CC[C@@](C)(O)C1C[C@]3(C(=O)O[C@@H]4[C@H]5C(C)=CC(=O)C5=C(C)C[C@H](OC(C)=O)[C@H]43)[C@]3(C)C=C[C@@]123. The number of carbonyl (C=O) groups is 4. The number of rotatable bonds is 1. The van der Waals surface area contributed by atoms with Crippen LogP contribution in [0.5, 0.6) is 0 Å². The molecule has 40 heavy (non-hydrogen) atoms. The van der Waals surface area contributed by atoms with Gasteiger partial charge in [0, 0.05) is 53.1 Å². The highest BCUT2D eigenvalue weighted by Crippen LogP contribution is 2.81. The molecule has 5 aliphatic carbocycles. The molecule has 2 saturated carbocycles.